The highest BCUT2D eigenvalue weighted by atomic mass is 16.5. The van der Waals surface area contributed by atoms with Gasteiger partial charge in [0.25, 0.3) is 0 Å². The van der Waals surface area contributed by atoms with Gasteiger partial charge < -0.3 is 25.4 Å². The van der Waals surface area contributed by atoms with Crippen molar-refractivity contribution in [3.63, 3.8) is 0 Å². The fourth-order valence-electron chi connectivity index (χ4n) is 2.58. The van der Waals surface area contributed by atoms with Gasteiger partial charge in [0.05, 0.1) is 6.61 Å². The molecule has 0 aromatic rings. The maximum Gasteiger partial charge on any atom is 0.329 e. The van der Waals surface area contributed by atoms with Crippen LogP contribution in [0.4, 0.5) is 4.79 Å². The van der Waals surface area contributed by atoms with Crippen molar-refractivity contribution in [1.82, 2.24) is 15.5 Å². The Kier molecular flexibility index (Phi) is 9.14. The number of aliphatic carboxylic acids is 1. The number of ether oxygens (including phenoxy) is 1. The second kappa shape index (κ2) is 10.9. The highest BCUT2D eigenvalue weighted by molar-refractivity contribution is 5.77. The van der Waals surface area contributed by atoms with Crippen molar-refractivity contribution >= 4 is 17.9 Å². The average Bonchev–Trinajstić information content (AvgIpc) is 2.52. The van der Waals surface area contributed by atoms with Crippen LogP contribution in [0.5, 0.6) is 0 Å². The van der Waals surface area contributed by atoms with Crippen molar-refractivity contribution in [2.75, 3.05) is 39.4 Å². The number of nitrogens with zero attached hydrogens (tertiary/aromatic N) is 1. The van der Waals surface area contributed by atoms with E-state index in [-0.39, 0.29) is 37.6 Å². The Morgan fingerprint density at radius 3 is 2.71 bits per heavy atom. The summed E-state index contributed by atoms with van der Waals surface area (Å²) in [6.45, 7) is 6.16. The van der Waals surface area contributed by atoms with Crippen LogP contribution in [0.3, 0.4) is 0 Å². The van der Waals surface area contributed by atoms with E-state index in [9.17, 15) is 14.4 Å². The molecule has 0 aromatic carbocycles. The smallest absolute Gasteiger partial charge is 0.329 e. The molecular weight excluding hydrogens is 314 g/mol. The summed E-state index contributed by atoms with van der Waals surface area (Å²) in [6, 6.07) is -0.0594. The van der Waals surface area contributed by atoms with E-state index in [1.54, 1.807) is 4.90 Å². The van der Waals surface area contributed by atoms with Crippen molar-refractivity contribution < 1.29 is 24.2 Å². The number of likely N-dealkylation sites (tertiary alicyclic amines) is 1. The zero-order valence-corrected chi connectivity index (χ0v) is 14.5. The van der Waals surface area contributed by atoms with Gasteiger partial charge in [-0.25, -0.2) is 9.59 Å². The summed E-state index contributed by atoms with van der Waals surface area (Å²) in [5, 5.41) is 14.0. The monoisotopic (exact) mass is 343 g/mol. The Morgan fingerprint density at radius 1 is 1.29 bits per heavy atom. The first kappa shape index (κ1) is 20.2. The van der Waals surface area contributed by atoms with Crippen LogP contribution in [-0.2, 0) is 14.3 Å². The lowest BCUT2D eigenvalue weighted by atomic mass is 9.94. The molecule has 8 nitrogen and oxygen atoms in total. The van der Waals surface area contributed by atoms with Crippen LogP contribution in [0.2, 0.25) is 0 Å². The number of amides is 3. The number of carboxylic acid groups (broad SMARTS) is 1. The second-order valence-corrected chi connectivity index (χ2v) is 6.53. The number of piperidine rings is 1. The van der Waals surface area contributed by atoms with Gasteiger partial charge in [-0.1, -0.05) is 13.8 Å². The van der Waals surface area contributed by atoms with Crippen molar-refractivity contribution in [2.45, 2.75) is 33.1 Å². The molecule has 1 saturated heterocycles. The van der Waals surface area contributed by atoms with Crippen LogP contribution < -0.4 is 10.6 Å². The first-order valence-corrected chi connectivity index (χ1v) is 8.47. The van der Waals surface area contributed by atoms with Gasteiger partial charge >= 0.3 is 12.0 Å². The number of hydrogen-bond acceptors (Lipinski definition) is 4. The van der Waals surface area contributed by atoms with E-state index >= 15 is 0 Å². The topological polar surface area (TPSA) is 108 Å². The van der Waals surface area contributed by atoms with Crippen molar-refractivity contribution in [1.29, 1.82) is 0 Å². The van der Waals surface area contributed by atoms with Crippen molar-refractivity contribution in [3.8, 4) is 0 Å². The predicted octanol–water partition coefficient (Wildman–Crippen LogP) is 0.672. The molecule has 1 atom stereocenters. The van der Waals surface area contributed by atoms with Crippen LogP contribution in [0, 0.1) is 11.8 Å². The van der Waals surface area contributed by atoms with Gasteiger partial charge in [0, 0.05) is 32.6 Å². The SMILES string of the molecule is CC(C)CNC(=O)N1CCCC(CC(=O)NCCOCC(=O)O)C1. The number of carbonyl (C=O) groups excluding carboxylic acids is 2. The fourth-order valence-corrected chi connectivity index (χ4v) is 2.58. The summed E-state index contributed by atoms with van der Waals surface area (Å²) in [4.78, 5) is 36.0. The van der Waals surface area contributed by atoms with Crippen LogP contribution in [0.1, 0.15) is 33.1 Å². The van der Waals surface area contributed by atoms with Gasteiger partial charge in [-0.3, -0.25) is 4.79 Å². The molecule has 0 aliphatic carbocycles. The van der Waals surface area contributed by atoms with E-state index in [0.717, 1.165) is 19.4 Å². The lowest BCUT2D eigenvalue weighted by Crippen LogP contribution is -2.47. The van der Waals surface area contributed by atoms with Crippen LogP contribution >= 0.6 is 0 Å². The summed E-state index contributed by atoms with van der Waals surface area (Å²) in [6.07, 6.45) is 2.19. The average molecular weight is 343 g/mol. The fraction of sp³-hybridized carbons (Fsp3) is 0.812. The largest absolute Gasteiger partial charge is 0.480 e. The van der Waals surface area contributed by atoms with E-state index < -0.39 is 5.97 Å². The number of urea groups is 1. The minimum atomic E-state index is -1.03. The third-order valence-corrected chi connectivity index (χ3v) is 3.74. The van der Waals surface area contributed by atoms with E-state index in [0.29, 0.717) is 25.4 Å². The van der Waals surface area contributed by atoms with Gasteiger partial charge in [0.2, 0.25) is 5.91 Å². The minimum Gasteiger partial charge on any atom is -0.480 e. The molecule has 1 rings (SSSR count). The van der Waals surface area contributed by atoms with Crippen LogP contribution in [0.15, 0.2) is 0 Å². The van der Waals surface area contributed by atoms with Gasteiger partial charge in [-0.05, 0) is 24.7 Å². The molecule has 24 heavy (non-hydrogen) atoms. The minimum absolute atomic E-state index is 0.0594. The standard InChI is InChI=1S/C16H29N3O5/c1-12(2)9-18-16(23)19-6-3-4-13(10-19)8-14(20)17-5-7-24-11-15(21)22/h12-13H,3-11H2,1-2H3,(H,17,20)(H,18,23)(H,21,22). The Bertz CT molecular complexity index is 428. The van der Waals surface area contributed by atoms with Crippen molar-refractivity contribution in [2.24, 2.45) is 11.8 Å². The first-order chi connectivity index (χ1) is 11.4. The molecule has 138 valence electrons. The third kappa shape index (κ3) is 8.71. The Morgan fingerprint density at radius 2 is 2.04 bits per heavy atom. The normalized spacial score (nSPS) is 17.6. The molecule has 0 radical (unpaired) electrons. The zero-order chi connectivity index (χ0) is 17.9. The van der Waals surface area contributed by atoms with E-state index in [1.165, 1.54) is 0 Å². The van der Waals surface area contributed by atoms with Crippen LogP contribution in [-0.4, -0.2) is 67.3 Å². The molecule has 0 saturated carbocycles. The molecule has 3 N–H and O–H groups in total. The molecule has 1 aliphatic rings. The molecule has 0 aromatic heterocycles. The lowest BCUT2D eigenvalue weighted by molar-refractivity contribution is -0.142. The number of rotatable bonds is 9. The highest BCUT2D eigenvalue weighted by Crippen LogP contribution is 2.19. The summed E-state index contributed by atoms with van der Waals surface area (Å²) in [5.74, 6) is -0.560. The zero-order valence-electron chi connectivity index (χ0n) is 14.5. The Hall–Kier alpha value is -1.83. The number of carboxylic acids is 1. The first-order valence-electron chi connectivity index (χ1n) is 8.47. The second-order valence-electron chi connectivity index (χ2n) is 6.53. The third-order valence-electron chi connectivity index (χ3n) is 3.74. The Labute approximate surface area is 142 Å². The molecule has 1 unspecified atom stereocenters. The van der Waals surface area contributed by atoms with Crippen molar-refractivity contribution in [3.05, 3.63) is 0 Å². The van der Waals surface area contributed by atoms with E-state index in [4.69, 9.17) is 9.84 Å². The molecule has 0 bridgehead atoms. The van der Waals surface area contributed by atoms with Gasteiger partial charge in [0.1, 0.15) is 6.61 Å². The quantitative estimate of drug-likeness (QED) is 0.533. The van der Waals surface area contributed by atoms with Gasteiger partial charge in [-0.2, -0.15) is 0 Å². The van der Waals surface area contributed by atoms with Crippen LogP contribution in [0.25, 0.3) is 0 Å². The molecule has 1 aliphatic heterocycles. The highest BCUT2D eigenvalue weighted by Gasteiger charge is 2.25. The summed E-state index contributed by atoms with van der Waals surface area (Å²) in [7, 11) is 0. The van der Waals surface area contributed by atoms with E-state index in [2.05, 4.69) is 10.6 Å². The molecule has 1 heterocycles. The van der Waals surface area contributed by atoms with Gasteiger partial charge in [-0.15, -0.1) is 0 Å². The number of nitrogens with one attached hydrogen (secondary N) is 2. The molecule has 3 amide bonds. The number of carbonyl (C=O) groups is 3. The summed E-state index contributed by atoms with van der Waals surface area (Å²) < 4.78 is 4.85. The molecule has 8 heteroatoms. The Balaban J connectivity index is 2.23. The maximum absolute atomic E-state index is 12.1. The van der Waals surface area contributed by atoms with E-state index in [1.807, 2.05) is 13.8 Å². The molecule has 1 fully saturated rings. The number of hydrogen-bond donors (Lipinski definition) is 3. The summed E-state index contributed by atoms with van der Waals surface area (Å²) >= 11 is 0. The molecular formula is C16H29N3O5. The lowest BCUT2D eigenvalue weighted by Gasteiger charge is -2.32. The van der Waals surface area contributed by atoms with Gasteiger partial charge in [0.15, 0.2) is 0 Å². The molecule has 0 spiro atoms. The maximum atomic E-state index is 12.1. The summed E-state index contributed by atoms with van der Waals surface area (Å²) in [5.41, 5.74) is 0. The predicted molar refractivity (Wildman–Crippen MR) is 88.6 cm³/mol.